The van der Waals surface area contributed by atoms with E-state index in [0.29, 0.717) is 22.9 Å². The smallest absolute Gasteiger partial charge is 0.230 e. The summed E-state index contributed by atoms with van der Waals surface area (Å²) in [5.41, 5.74) is 4.30. The van der Waals surface area contributed by atoms with Crippen LogP contribution in [0.5, 0.6) is 0 Å². The Morgan fingerprint density at radius 1 is 1.09 bits per heavy atom. The Bertz CT molecular complexity index is 1430. The van der Waals surface area contributed by atoms with Crippen LogP contribution in [0.3, 0.4) is 0 Å². The molecule has 0 amide bonds. The zero-order valence-electron chi connectivity index (χ0n) is 19.7. The quantitative estimate of drug-likeness (QED) is 0.363. The summed E-state index contributed by atoms with van der Waals surface area (Å²) < 4.78 is 29.8. The largest absolute Gasteiger partial charge is 0.371 e. The van der Waals surface area contributed by atoms with Crippen LogP contribution in [-0.4, -0.2) is 45.2 Å². The lowest BCUT2D eigenvalue weighted by atomic mass is 10.1. The molecule has 2 aliphatic heterocycles. The lowest BCUT2D eigenvalue weighted by molar-refractivity contribution is 0.617. The number of nitrogens with one attached hydrogen (secondary N) is 3. The van der Waals surface area contributed by atoms with Crippen LogP contribution >= 0.6 is 0 Å². The van der Waals surface area contributed by atoms with E-state index in [9.17, 15) is 8.78 Å². The molecular weight excluding hydrogens is 450 g/mol. The Labute approximate surface area is 201 Å². The molecule has 2 aromatic carbocycles. The molecule has 0 saturated carbocycles. The molecule has 3 N–H and O–H groups in total. The van der Waals surface area contributed by atoms with Crippen LogP contribution in [0.1, 0.15) is 27.2 Å². The van der Waals surface area contributed by atoms with E-state index >= 15 is 0 Å². The number of anilines is 5. The molecule has 1 unspecified atom stereocenters. The monoisotopic (exact) mass is 476 g/mol. The van der Waals surface area contributed by atoms with E-state index in [1.807, 2.05) is 26.8 Å². The molecule has 2 aliphatic rings. The molecule has 0 spiro atoms. The molecule has 2 aromatic heterocycles. The number of hydrogen-bond donors (Lipinski definition) is 3. The third-order valence-electron chi connectivity index (χ3n) is 6.61. The fourth-order valence-corrected chi connectivity index (χ4v) is 4.85. The maximum Gasteiger partial charge on any atom is 0.230 e. The van der Waals surface area contributed by atoms with Crippen molar-refractivity contribution < 1.29 is 8.78 Å². The number of fused-ring (bicyclic) bond motifs is 2. The molecule has 0 bridgehead atoms. The Hall–Kier alpha value is -3.95. The molecule has 1 saturated heterocycles. The van der Waals surface area contributed by atoms with Crippen LogP contribution in [0.25, 0.3) is 22.3 Å². The first kappa shape index (κ1) is 21.6. The Kier molecular flexibility index (Phi) is 4.98. The summed E-state index contributed by atoms with van der Waals surface area (Å²) in [5.74, 6) is -0.469. The molecule has 4 heterocycles. The molecule has 1 fully saturated rings. The average molecular weight is 477 g/mol. The van der Waals surface area contributed by atoms with Crippen molar-refractivity contribution in [2.75, 3.05) is 33.5 Å². The van der Waals surface area contributed by atoms with Crippen molar-refractivity contribution in [3.8, 4) is 11.3 Å². The predicted molar refractivity (Wildman–Crippen MR) is 134 cm³/mol. The molecule has 8 nitrogen and oxygen atoms in total. The number of aromatic amines is 1. The van der Waals surface area contributed by atoms with Crippen molar-refractivity contribution in [3.05, 3.63) is 48.2 Å². The highest BCUT2D eigenvalue weighted by molar-refractivity contribution is 5.83. The van der Waals surface area contributed by atoms with E-state index in [0.717, 1.165) is 36.0 Å². The highest BCUT2D eigenvalue weighted by Gasteiger charge is 2.31. The van der Waals surface area contributed by atoms with Crippen molar-refractivity contribution in [2.24, 2.45) is 0 Å². The zero-order valence-corrected chi connectivity index (χ0v) is 19.7. The summed E-state index contributed by atoms with van der Waals surface area (Å²) in [6.07, 6.45) is 2.22. The van der Waals surface area contributed by atoms with Crippen molar-refractivity contribution in [3.63, 3.8) is 0 Å². The summed E-state index contributed by atoms with van der Waals surface area (Å²) in [6.45, 7) is 8.15. The number of hydrogen-bond acceptors (Lipinski definition) is 7. The molecule has 1 atom stereocenters. The van der Waals surface area contributed by atoms with E-state index in [-0.39, 0.29) is 23.8 Å². The van der Waals surface area contributed by atoms with Gasteiger partial charge in [0.15, 0.2) is 5.82 Å². The standard InChI is InChI=1S/C25H26F2N8/c1-13(2)35-14(3)29-23-17(26)9-15(10-21(23)35)22-18(27)12-28-24(32-22)33-25-30-19-6-5-16(11-20(19)31-25)34-7-4-8-34/h5-6,9-14,29H,4,7-8H2,1-3H3,(H2,28,30,31,32,33). The SMILES string of the molecule is CC(C)N1c2cc(-c3nc(Nc4nc5ccc(N6CCC6)cc5[nH]4)ncc3F)cc(F)c2NC1C. The van der Waals surface area contributed by atoms with Gasteiger partial charge >= 0.3 is 0 Å². The highest BCUT2D eigenvalue weighted by Crippen LogP contribution is 2.41. The van der Waals surface area contributed by atoms with Crippen LogP contribution in [0, 0.1) is 11.6 Å². The van der Waals surface area contributed by atoms with Gasteiger partial charge in [-0.2, -0.15) is 0 Å². The second kappa shape index (κ2) is 8.07. The van der Waals surface area contributed by atoms with Gasteiger partial charge < -0.3 is 20.1 Å². The average Bonchev–Trinajstić information content (AvgIpc) is 3.33. The van der Waals surface area contributed by atoms with Crippen LogP contribution in [-0.2, 0) is 0 Å². The predicted octanol–water partition coefficient (Wildman–Crippen LogP) is 5.24. The number of imidazole rings is 1. The first-order valence-corrected chi connectivity index (χ1v) is 11.8. The van der Waals surface area contributed by atoms with Crippen LogP contribution in [0.4, 0.5) is 37.7 Å². The molecule has 10 heteroatoms. The third kappa shape index (κ3) is 3.69. The first-order valence-electron chi connectivity index (χ1n) is 11.8. The number of H-pyrrole nitrogens is 1. The molecule has 0 aliphatic carbocycles. The number of rotatable bonds is 5. The van der Waals surface area contributed by atoms with E-state index in [1.165, 1.54) is 12.5 Å². The minimum atomic E-state index is -0.631. The topological polar surface area (TPSA) is 85.0 Å². The van der Waals surface area contributed by atoms with E-state index in [2.05, 4.69) is 52.5 Å². The normalized spacial score (nSPS) is 17.0. The lowest BCUT2D eigenvalue weighted by Crippen LogP contribution is -2.38. The van der Waals surface area contributed by atoms with Gasteiger partial charge in [-0.15, -0.1) is 0 Å². The van der Waals surface area contributed by atoms with Crippen LogP contribution in [0.15, 0.2) is 36.5 Å². The summed E-state index contributed by atoms with van der Waals surface area (Å²) in [6, 6.07) is 9.28. The van der Waals surface area contributed by atoms with Crippen LogP contribution < -0.4 is 20.4 Å². The summed E-state index contributed by atoms with van der Waals surface area (Å²) in [4.78, 5) is 20.6. The van der Waals surface area contributed by atoms with Gasteiger partial charge in [-0.05, 0) is 57.5 Å². The van der Waals surface area contributed by atoms with Crippen LogP contribution in [0.2, 0.25) is 0 Å². The molecule has 6 rings (SSSR count). The van der Waals surface area contributed by atoms with E-state index < -0.39 is 11.6 Å². The van der Waals surface area contributed by atoms with Gasteiger partial charge in [-0.25, -0.2) is 23.7 Å². The van der Waals surface area contributed by atoms with Crippen molar-refractivity contribution in [2.45, 2.75) is 39.4 Å². The van der Waals surface area contributed by atoms with Gasteiger partial charge in [0.25, 0.3) is 0 Å². The Morgan fingerprint density at radius 3 is 2.66 bits per heavy atom. The third-order valence-corrected chi connectivity index (χ3v) is 6.61. The number of nitrogens with zero attached hydrogens (tertiary/aromatic N) is 5. The van der Waals surface area contributed by atoms with Gasteiger partial charge in [-0.3, -0.25) is 5.32 Å². The minimum Gasteiger partial charge on any atom is -0.371 e. The molecular formula is C25H26F2N8. The summed E-state index contributed by atoms with van der Waals surface area (Å²) >= 11 is 0. The zero-order chi connectivity index (χ0) is 24.3. The van der Waals surface area contributed by atoms with Crippen molar-refractivity contribution >= 4 is 40.0 Å². The summed E-state index contributed by atoms with van der Waals surface area (Å²) in [7, 11) is 0. The van der Waals surface area contributed by atoms with Crippen molar-refractivity contribution in [1.29, 1.82) is 0 Å². The molecule has 35 heavy (non-hydrogen) atoms. The van der Waals surface area contributed by atoms with Gasteiger partial charge in [0.2, 0.25) is 11.9 Å². The van der Waals surface area contributed by atoms with Gasteiger partial charge in [0.05, 0.1) is 34.8 Å². The molecule has 180 valence electrons. The molecule has 4 aromatic rings. The summed E-state index contributed by atoms with van der Waals surface area (Å²) in [5, 5.41) is 6.18. The van der Waals surface area contributed by atoms with E-state index in [1.54, 1.807) is 6.07 Å². The number of halogens is 2. The van der Waals surface area contributed by atoms with Crippen molar-refractivity contribution in [1.82, 2.24) is 19.9 Å². The fraction of sp³-hybridized carbons (Fsp3) is 0.320. The minimum absolute atomic E-state index is 0.0173. The van der Waals surface area contributed by atoms with Gasteiger partial charge in [-0.1, -0.05) is 0 Å². The van der Waals surface area contributed by atoms with Gasteiger partial charge in [0, 0.05) is 30.4 Å². The molecule has 0 radical (unpaired) electrons. The Morgan fingerprint density at radius 2 is 1.91 bits per heavy atom. The van der Waals surface area contributed by atoms with E-state index in [4.69, 9.17) is 0 Å². The maximum absolute atomic E-state index is 15.0. The number of aromatic nitrogens is 4. The first-order chi connectivity index (χ1) is 16.9. The highest BCUT2D eigenvalue weighted by atomic mass is 19.1. The number of benzene rings is 2. The van der Waals surface area contributed by atoms with Gasteiger partial charge in [0.1, 0.15) is 11.5 Å². The maximum atomic E-state index is 15.0. The second-order valence-electron chi connectivity index (χ2n) is 9.32. The second-order valence-corrected chi connectivity index (χ2v) is 9.32. The Balaban J connectivity index is 1.32. The fourth-order valence-electron chi connectivity index (χ4n) is 4.85. The lowest BCUT2D eigenvalue weighted by Gasteiger charge is -2.33.